The molecule has 0 bridgehead atoms. The third-order valence-corrected chi connectivity index (χ3v) is 5.58. The first-order chi connectivity index (χ1) is 15.1. The fourth-order valence-electron chi connectivity index (χ4n) is 3.83. The summed E-state index contributed by atoms with van der Waals surface area (Å²) in [6, 6.07) is 17.4. The summed E-state index contributed by atoms with van der Waals surface area (Å²) in [6.45, 7) is 6.90. The number of hydrogen-bond donors (Lipinski definition) is 2. The van der Waals surface area contributed by atoms with E-state index in [2.05, 4.69) is 46.7 Å². The average molecular weight is 424 g/mol. The lowest BCUT2D eigenvalue weighted by molar-refractivity contribution is -0.384. The van der Waals surface area contributed by atoms with Gasteiger partial charge in [-0.3, -0.25) is 10.1 Å². The van der Waals surface area contributed by atoms with Crippen molar-refractivity contribution in [2.24, 2.45) is 4.99 Å². The summed E-state index contributed by atoms with van der Waals surface area (Å²) < 4.78 is 0. The smallest absolute Gasteiger partial charge is 0.269 e. The Kier molecular flexibility index (Phi) is 8.84. The number of guanidine groups is 1. The molecule has 166 valence electrons. The topological polar surface area (TPSA) is 82.8 Å². The molecule has 31 heavy (non-hydrogen) atoms. The lowest BCUT2D eigenvalue weighted by Crippen LogP contribution is -2.49. The van der Waals surface area contributed by atoms with Gasteiger partial charge < -0.3 is 15.5 Å². The van der Waals surface area contributed by atoms with E-state index in [0.717, 1.165) is 50.4 Å². The SMILES string of the molecule is CCCN1CCC(NC(=NCc2ccc([N+](=O)[O-])cc2)NCCc2ccccc2)CC1. The van der Waals surface area contributed by atoms with Crippen LogP contribution in [0.4, 0.5) is 5.69 Å². The van der Waals surface area contributed by atoms with Gasteiger partial charge in [0.15, 0.2) is 5.96 Å². The highest BCUT2D eigenvalue weighted by atomic mass is 16.6. The van der Waals surface area contributed by atoms with Gasteiger partial charge in [0.2, 0.25) is 0 Å². The van der Waals surface area contributed by atoms with E-state index >= 15 is 0 Å². The monoisotopic (exact) mass is 423 g/mol. The quantitative estimate of drug-likeness (QED) is 0.278. The number of aliphatic imine (C=N–C) groups is 1. The second kappa shape index (κ2) is 12.1. The number of nitro benzene ring substituents is 1. The first-order valence-corrected chi connectivity index (χ1v) is 11.2. The fraction of sp³-hybridized carbons (Fsp3) is 0.458. The highest BCUT2D eigenvalue weighted by Gasteiger charge is 2.19. The molecule has 0 saturated carbocycles. The van der Waals surface area contributed by atoms with Crippen LogP contribution in [0.1, 0.15) is 37.3 Å². The third kappa shape index (κ3) is 7.68. The zero-order valence-corrected chi connectivity index (χ0v) is 18.3. The second-order valence-corrected chi connectivity index (χ2v) is 8.01. The summed E-state index contributed by atoms with van der Waals surface area (Å²) in [7, 11) is 0. The molecule has 1 heterocycles. The summed E-state index contributed by atoms with van der Waals surface area (Å²) >= 11 is 0. The van der Waals surface area contributed by atoms with Crippen LogP contribution in [0.25, 0.3) is 0 Å². The number of nitrogens with zero attached hydrogens (tertiary/aromatic N) is 3. The van der Waals surface area contributed by atoms with Gasteiger partial charge in [-0.1, -0.05) is 49.4 Å². The van der Waals surface area contributed by atoms with E-state index in [1.165, 1.54) is 30.7 Å². The normalized spacial score (nSPS) is 15.6. The van der Waals surface area contributed by atoms with E-state index in [-0.39, 0.29) is 10.6 Å². The zero-order chi connectivity index (χ0) is 21.9. The Bertz CT molecular complexity index is 831. The summed E-state index contributed by atoms with van der Waals surface area (Å²) in [4.78, 5) is 17.8. The first kappa shape index (κ1) is 22.7. The van der Waals surface area contributed by atoms with Crippen molar-refractivity contribution in [3.63, 3.8) is 0 Å². The first-order valence-electron chi connectivity index (χ1n) is 11.2. The van der Waals surface area contributed by atoms with Crippen molar-refractivity contribution in [1.29, 1.82) is 0 Å². The van der Waals surface area contributed by atoms with Crippen LogP contribution in [0, 0.1) is 10.1 Å². The molecule has 2 aromatic rings. The molecule has 1 saturated heterocycles. The molecule has 7 heteroatoms. The number of non-ortho nitro benzene ring substituents is 1. The van der Waals surface area contributed by atoms with Gasteiger partial charge >= 0.3 is 0 Å². The molecule has 0 spiro atoms. The Hall–Kier alpha value is -2.93. The third-order valence-electron chi connectivity index (χ3n) is 5.58. The van der Waals surface area contributed by atoms with Gasteiger partial charge in [-0.05, 0) is 43.4 Å². The molecule has 2 aromatic carbocycles. The Morgan fingerprint density at radius 1 is 1.10 bits per heavy atom. The van der Waals surface area contributed by atoms with Crippen molar-refractivity contribution in [2.75, 3.05) is 26.2 Å². The average Bonchev–Trinajstić information content (AvgIpc) is 2.80. The number of rotatable bonds is 9. The van der Waals surface area contributed by atoms with Crippen molar-refractivity contribution >= 4 is 11.6 Å². The standard InChI is InChI=1S/C24H33N5O2/c1-2-16-28-17-13-22(14-18-28)27-24(25-15-12-20-6-4-3-5-7-20)26-19-21-8-10-23(11-9-21)29(30)31/h3-11,22H,2,12-19H2,1H3,(H2,25,26,27). The summed E-state index contributed by atoms with van der Waals surface area (Å²) in [6.07, 6.45) is 4.34. The Morgan fingerprint density at radius 2 is 1.81 bits per heavy atom. The number of benzene rings is 2. The zero-order valence-electron chi connectivity index (χ0n) is 18.3. The van der Waals surface area contributed by atoms with Gasteiger partial charge in [-0.25, -0.2) is 4.99 Å². The maximum Gasteiger partial charge on any atom is 0.269 e. The Balaban J connectivity index is 1.58. The van der Waals surface area contributed by atoms with E-state index in [1.54, 1.807) is 12.1 Å². The predicted molar refractivity (Wildman–Crippen MR) is 125 cm³/mol. The molecule has 0 amide bonds. The molecule has 1 fully saturated rings. The lowest BCUT2D eigenvalue weighted by atomic mass is 10.1. The van der Waals surface area contributed by atoms with Crippen LogP contribution < -0.4 is 10.6 Å². The molecule has 0 atom stereocenters. The molecule has 0 unspecified atom stereocenters. The predicted octanol–water partition coefficient (Wildman–Crippen LogP) is 3.75. The van der Waals surface area contributed by atoms with Gasteiger partial charge in [0, 0.05) is 37.8 Å². The molecular weight excluding hydrogens is 390 g/mol. The van der Waals surface area contributed by atoms with Crippen LogP contribution in [0.3, 0.4) is 0 Å². The fourth-order valence-corrected chi connectivity index (χ4v) is 3.83. The largest absolute Gasteiger partial charge is 0.356 e. The highest BCUT2D eigenvalue weighted by Crippen LogP contribution is 2.13. The Morgan fingerprint density at radius 3 is 2.45 bits per heavy atom. The van der Waals surface area contributed by atoms with E-state index in [4.69, 9.17) is 4.99 Å². The maximum atomic E-state index is 10.9. The minimum atomic E-state index is -0.379. The molecule has 2 N–H and O–H groups in total. The molecule has 1 aliphatic rings. The molecule has 0 radical (unpaired) electrons. The number of likely N-dealkylation sites (tertiary alicyclic amines) is 1. The van der Waals surface area contributed by atoms with Crippen LogP contribution in [0.2, 0.25) is 0 Å². The summed E-state index contributed by atoms with van der Waals surface area (Å²) in [5, 5.41) is 17.9. The summed E-state index contributed by atoms with van der Waals surface area (Å²) in [5.74, 6) is 0.809. The van der Waals surface area contributed by atoms with E-state index in [0.29, 0.717) is 12.6 Å². The van der Waals surface area contributed by atoms with Crippen LogP contribution in [-0.4, -0.2) is 48.0 Å². The number of piperidine rings is 1. The van der Waals surface area contributed by atoms with E-state index in [9.17, 15) is 10.1 Å². The number of hydrogen-bond acceptors (Lipinski definition) is 4. The van der Waals surface area contributed by atoms with Gasteiger partial charge in [-0.2, -0.15) is 0 Å². The lowest BCUT2D eigenvalue weighted by Gasteiger charge is -2.32. The molecule has 3 rings (SSSR count). The van der Waals surface area contributed by atoms with Crippen molar-refractivity contribution in [1.82, 2.24) is 15.5 Å². The van der Waals surface area contributed by atoms with Crippen molar-refractivity contribution in [3.8, 4) is 0 Å². The number of nitrogens with one attached hydrogen (secondary N) is 2. The summed E-state index contributed by atoms with van der Waals surface area (Å²) in [5.41, 5.74) is 2.34. The van der Waals surface area contributed by atoms with E-state index < -0.39 is 0 Å². The van der Waals surface area contributed by atoms with Gasteiger partial charge in [0.1, 0.15) is 0 Å². The Labute approximate surface area is 184 Å². The van der Waals surface area contributed by atoms with Crippen LogP contribution in [0.5, 0.6) is 0 Å². The van der Waals surface area contributed by atoms with Crippen molar-refractivity contribution in [3.05, 3.63) is 75.8 Å². The maximum absolute atomic E-state index is 10.9. The van der Waals surface area contributed by atoms with Gasteiger partial charge in [0.05, 0.1) is 11.5 Å². The molecule has 0 aliphatic carbocycles. The van der Waals surface area contributed by atoms with E-state index in [1.807, 2.05) is 6.07 Å². The van der Waals surface area contributed by atoms with Gasteiger partial charge in [0.25, 0.3) is 5.69 Å². The highest BCUT2D eigenvalue weighted by molar-refractivity contribution is 5.80. The minimum Gasteiger partial charge on any atom is -0.356 e. The molecular formula is C24H33N5O2. The van der Waals surface area contributed by atoms with Crippen molar-refractivity contribution < 1.29 is 4.92 Å². The van der Waals surface area contributed by atoms with Crippen molar-refractivity contribution in [2.45, 2.75) is 45.2 Å². The molecule has 7 nitrogen and oxygen atoms in total. The molecule has 1 aliphatic heterocycles. The van der Waals surface area contributed by atoms with Crippen LogP contribution in [0.15, 0.2) is 59.6 Å². The minimum absolute atomic E-state index is 0.103. The van der Waals surface area contributed by atoms with Crippen LogP contribution >= 0.6 is 0 Å². The second-order valence-electron chi connectivity index (χ2n) is 8.01. The number of nitro groups is 1. The van der Waals surface area contributed by atoms with Gasteiger partial charge in [-0.15, -0.1) is 0 Å². The molecule has 0 aromatic heterocycles. The van der Waals surface area contributed by atoms with Crippen LogP contribution in [-0.2, 0) is 13.0 Å².